The Morgan fingerprint density at radius 1 is 1.00 bits per heavy atom. The largest absolute Gasteiger partial charge is 0.399 e. The summed E-state index contributed by atoms with van der Waals surface area (Å²) in [5.74, 6) is 0. The van der Waals surface area contributed by atoms with Crippen LogP contribution in [-0.4, -0.2) is 4.92 Å². The number of hydrogen-bond acceptors (Lipinski definition) is 4. The van der Waals surface area contributed by atoms with Crippen molar-refractivity contribution < 1.29 is 4.92 Å². The molecule has 0 radical (unpaired) electrons. The van der Waals surface area contributed by atoms with Crippen LogP contribution in [0.25, 0.3) is 11.1 Å². The summed E-state index contributed by atoms with van der Waals surface area (Å²) in [7, 11) is 0. The van der Waals surface area contributed by atoms with Gasteiger partial charge in [-0.15, -0.1) is 24.8 Å². The lowest BCUT2D eigenvalue weighted by molar-refractivity contribution is -0.384. The average molecular weight is 316 g/mol. The summed E-state index contributed by atoms with van der Waals surface area (Å²) in [6.45, 7) is 1.81. The van der Waals surface area contributed by atoms with Crippen LogP contribution in [0.15, 0.2) is 36.4 Å². The standard InChI is InChI=1S/C13H13N3O2.2ClH/c1-8-6-10(16(17)18)3-4-11(8)12-7-9(14)2-5-13(12)15;;/h2-7H,14-15H2,1H3;2*1H. The van der Waals surface area contributed by atoms with E-state index >= 15 is 0 Å². The van der Waals surface area contributed by atoms with Crippen LogP contribution in [0.2, 0.25) is 0 Å². The molecule has 0 spiro atoms. The number of nitro benzene ring substituents is 1. The Morgan fingerprint density at radius 3 is 2.20 bits per heavy atom. The second-order valence-corrected chi connectivity index (χ2v) is 4.10. The van der Waals surface area contributed by atoms with Crippen LogP contribution in [0.3, 0.4) is 0 Å². The first-order valence-electron chi connectivity index (χ1n) is 5.39. The molecule has 0 unspecified atom stereocenters. The third-order valence-corrected chi connectivity index (χ3v) is 2.79. The van der Waals surface area contributed by atoms with Crippen molar-refractivity contribution in [3.05, 3.63) is 52.1 Å². The first-order valence-corrected chi connectivity index (χ1v) is 5.39. The van der Waals surface area contributed by atoms with E-state index in [1.165, 1.54) is 12.1 Å². The molecule has 5 nitrogen and oxygen atoms in total. The van der Waals surface area contributed by atoms with Crippen LogP contribution in [0.4, 0.5) is 17.1 Å². The molecular formula is C13H15Cl2N3O2. The van der Waals surface area contributed by atoms with Crippen LogP contribution in [0.5, 0.6) is 0 Å². The predicted octanol–water partition coefficient (Wildman–Crippen LogP) is 3.58. The van der Waals surface area contributed by atoms with Crippen LogP contribution in [0.1, 0.15) is 5.56 Å². The van der Waals surface area contributed by atoms with Crippen molar-refractivity contribution in [2.24, 2.45) is 0 Å². The van der Waals surface area contributed by atoms with Crippen molar-refractivity contribution >= 4 is 41.9 Å². The zero-order valence-electron chi connectivity index (χ0n) is 10.7. The molecule has 2 aromatic carbocycles. The fraction of sp³-hybridized carbons (Fsp3) is 0.0769. The predicted molar refractivity (Wildman–Crippen MR) is 86.6 cm³/mol. The quantitative estimate of drug-likeness (QED) is 0.503. The molecular weight excluding hydrogens is 301 g/mol. The van der Waals surface area contributed by atoms with E-state index in [1.54, 1.807) is 24.3 Å². The number of anilines is 2. The van der Waals surface area contributed by atoms with Crippen molar-refractivity contribution in [2.45, 2.75) is 6.92 Å². The Hall–Kier alpha value is -1.98. The Bertz CT molecular complexity index is 633. The van der Waals surface area contributed by atoms with Gasteiger partial charge in [0.05, 0.1) is 4.92 Å². The lowest BCUT2D eigenvalue weighted by Gasteiger charge is -2.09. The molecule has 0 bridgehead atoms. The SMILES string of the molecule is Cc1cc([N+](=O)[O-])ccc1-c1cc(N)ccc1N.Cl.Cl. The minimum atomic E-state index is -0.417. The number of hydrogen-bond donors (Lipinski definition) is 2. The maximum Gasteiger partial charge on any atom is 0.269 e. The minimum Gasteiger partial charge on any atom is -0.399 e. The molecule has 0 saturated heterocycles. The second kappa shape index (κ2) is 6.98. The van der Waals surface area contributed by atoms with Gasteiger partial charge in [-0.1, -0.05) is 0 Å². The topological polar surface area (TPSA) is 95.2 Å². The number of nitrogens with zero attached hydrogens (tertiary/aromatic N) is 1. The van der Waals surface area contributed by atoms with Gasteiger partial charge in [0.2, 0.25) is 0 Å². The zero-order chi connectivity index (χ0) is 13.3. The van der Waals surface area contributed by atoms with Gasteiger partial charge in [-0.05, 0) is 42.3 Å². The van der Waals surface area contributed by atoms with Crippen molar-refractivity contribution in [3.8, 4) is 11.1 Å². The summed E-state index contributed by atoms with van der Waals surface area (Å²) in [6.07, 6.45) is 0. The first kappa shape index (κ1) is 18.0. The maximum absolute atomic E-state index is 10.7. The molecule has 4 N–H and O–H groups in total. The molecule has 0 heterocycles. The van der Waals surface area contributed by atoms with Gasteiger partial charge in [0.25, 0.3) is 5.69 Å². The van der Waals surface area contributed by atoms with E-state index < -0.39 is 4.92 Å². The number of aryl methyl sites for hydroxylation is 1. The van der Waals surface area contributed by atoms with Crippen molar-refractivity contribution in [1.29, 1.82) is 0 Å². The van der Waals surface area contributed by atoms with Crippen molar-refractivity contribution in [1.82, 2.24) is 0 Å². The Labute approximate surface area is 128 Å². The number of rotatable bonds is 2. The molecule has 0 fully saturated rings. The van der Waals surface area contributed by atoms with Crippen molar-refractivity contribution in [2.75, 3.05) is 11.5 Å². The number of halogens is 2. The number of nitrogen functional groups attached to an aromatic ring is 2. The molecule has 2 rings (SSSR count). The molecule has 0 saturated carbocycles. The number of non-ortho nitro benzene ring substituents is 1. The highest BCUT2D eigenvalue weighted by Gasteiger charge is 2.11. The van der Waals surface area contributed by atoms with Gasteiger partial charge in [-0.3, -0.25) is 10.1 Å². The molecule has 7 heteroatoms. The number of nitro groups is 1. The number of nitrogens with two attached hydrogens (primary N) is 2. The molecule has 108 valence electrons. The molecule has 0 aliphatic heterocycles. The highest BCUT2D eigenvalue weighted by Crippen LogP contribution is 2.32. The fourth-order valence-corrected chi connectivity index (χ4v) is 1.87. The van der Waals surface area contributed by atoms with Gasteiger partial charge in [0.1, 0.15) is 0 Å². The van der Waals surface area contributed by atoms with Crippen molar-refractivity contribution in [3.63, 3.8) is 0 Å². The summed E-state index contributed by atoms with van der Waals surface area (Å²) < 4.78 is 0. The summed E-state index contributed by atoms with van der Waals surface area (Å²) in [6, 6.07) is 9.90. The third-order valence-electron chi connectivity index (χ3n) is 2.79. The van der Waals surface area contributed by atoms with E-state index in [2.05, 4.69) is 0 Å². The molecule has 0 aromatic heterocycles. The molecule has 0 aliphatic rings. The molecule has 2 aromatic rings. The molecule has 0 atom stereocenters. The van der Waals surface area contributed by atoms with E-state index in [1.807, 2.05) is 6.92 Å². The van der Waals surface area contributed by atoms with Gasteiger partial charge in [0.15, 0.2) is 0 Å². The fourth-order valence-electron chi connectivity index (χ4n) is 1.87. The summed E-state index contributed by atoms with van der Waals surface area (Å²) in [4.78, 5) is 10.3. The van der Waals surface area contributed by atoms with Crippen LogP contribution in [0, 0.1) is 17.0 Å². The van der Waals surface area contributed by atoms with Crippen LogP contribution < -0.4 is 11.5 Å². The van der Waals surface area contributed by atoms with Gasteiger partial charge in [-0.2, -0.15) is 0 Å². The lowest BCUT2D eigenvalue weighted by atomic mass is 9.98. The highest BCUT2D eigenvalue weighted by atomic mass is 35.5. The van der Waals surface area contributed by atoms with E-state index in [9.17, 15) is 10.1 Å². The van der Waals surface area contributed by atoms with E-state index in [-0.39, 0.29) is 30.5 Å². The summed E-state index contributed by atoms with van der Waals surface area (Å²) in [5, 5.41) is 10.7. The van der Waals surface area contributed by atoms with E-state index in [4.69, 9.17) is 11.5 Å². The normalized spacial score (nSPS) is 9.25. The molecule has 0 amide bonds. The molecule has 20 heavy (non-hydrogen) atoms. The summed E-state index contributed by atoms with van der Waals surface area (Å²) >= 11 is 0. The first-order chi connectivity index (χ1) is 8.49. The highest BCUT2D eigenvalue weighted by molar-refractivity contribution is 5.85. The summed E-state index contributed by atoms with van der Waals surface area (Å²) in [5.41, 5.74) is 15.3. The van der Waals surface area contributed by atoms with Gasteiger partial charge >= 0.3 is 0 Å². The number of benzene rings is 2. The molecule has 0 aliphatic carbocycles. The van der Waals surface area contributed by atoms with Crippen LogP contribution >= 0.6 is 24.8 Å². The second-order valence-electron chi connectivity index (χ2n) is 4.10. The van der Waals surface area contributed by atoms with Gasteiger partial charge in [-0.25, -0.2) is 0 Å². The zero-order valence-corrected chi connectivity index (χ0v) is 12.3. The minimum absolute atomic E-state index is 0. The smallest absolute Gasteiger partial charge is 0.269 e. The monoisotopic (exact) mass is 315 g/mol. The van der Waals surface area contributed by atoms with Gasteiger partial charge < -0.3 is 11.5 Å². The maximum atomic E-state index is 10.7. The van der Waals surface area contributed by atoms with E-state index in [0.717, 1.165) is 16.7 Å². The van der Waals surface area contributed by atoms with E-state index in [0.29, 0.717) is 11.4 Å². The Morgan fingerprint density at radius 2 is 1.65 bits per heavy atom. The lowest BCUT2D eigenvalue weighted by Crippen LogP contribution is -1.95. The van der Waals surface area contributed by atoms with Crippen LogP contribution in [-0.2, 0) is 0 Å². The average Bonchev–Trinajstić information content (AvgIpc) is 2.32. The Kier molecular flexibility index (Phi) is 6.29. The van der Waals surface area contributed by atoms with Gasteiger partial charge in [0, 0.05) is 29.1 Å². The Balaban J connectivity index is 0.00000180. The third kappa shape index (κ3) is 3.53.